The van der Waals surface area contributed by atoms with Gasteiger partial charge in [-0.1, -0.05) is 60.7 Å². The van der Waals surface area contributed by atoms with Gasteiger partial charge >= 0.3 is 0 Å². The lowest BCUT2D eigenvalue weighted by molar-refractivity contribution is 0.0928. The topological polar surface area (TPSA) is 51.9 Å². The van der Waals surface area contributed by atoms with Crippen molar-refractivity contribution < 1.29 is 9.18 Å². The van der Waals surface area contributed by atoms with Gasteiger partial charge in [-0.2, -0.15) is 5.10 Å². The summed E-state index contributed by atoms with van der Waals surface area (Å²) in [7, 11) is 1.93. The number of rotatable bonds is 7. The highest BCUT2D eigenvalue weighted by Gasteiger charge is 2.22. The van der Waals surface area contributed by atoms with E-state index in [4.69, 9.17) is 5.10 Å². The molecule has 0 saturated heterocycles. The third-order valence-electron chi connectivity index (χ3n) is 6.01. The molecule has 0 aliphatic heterocycles. The highest BCUT2D eigenvalue weighted by Crippen LogP contribution is 2.24. The van der Waals surface area contributed by atoms with Gasteiger partial charge in [0.25, 0.3) is 5.91 Å². The lowest BCUT2D eigenvalue weighted by atomic mass is 9.98. The molecule has 0 aliphatic carbocycles. The van der Waals surface area contributed by atoms with Crippen LogP contribution in [0.1, 0.15) is 27.7 Å². The van der Waals surface area contributed by atoms with Crippen molar-refractivity contribution in [2.24, 2.45) is 7.05 Å². The number of amides is 1. The van der Waals surface area contributed by atoms with Crippen LogP contribution in [0, 0.1) is 5.82 Å². The van der Waals surface area contributed by atoms with Crippen molar-refractivity contribution in [2.75, 3.05) is 0 Å². The Bertz CT molecular complexity index is 1420. The number of nitrogens with zero attached hydrogens (tertiary/aromatic N) is 3. The monoisotopic (exact) mass is 464 g/mol. The molecule has 0 radical (unpaired) electrons. The van der Waals surface area contributed by atoms with E-state index in [0.717, 1.165) is 16.8 Å². The summed E-state index contributed by atoms with van der Waals surface area (Å²) in [4.78, 5) is 13.7. The Balaban J connectivity index is 1.53. The zero-order chi connectivity index (χ0) is 24.2. The number of hydrogen-bond donors (Lipinski definition) is 1. The van der Waals surface area contributed by atoms with Gasteiger partial charge in [0, 0.05) is 13.2 Å². The van der Waals surface area contributed by atoms with Gasteiger partial charge < -0.3 is 9.88 Å². The maximum Gasteiger partial charge on any atom is 0.270 e. The molecule has 6 heteroatoms. The summed E-state index contributed by atoms with van der Waals surface area (Å²) in [6.07, 6.45) is 2.57. The SMILES string of the molecule is Cn1cccc1-c1cc(C(=O)NC(Cc2ccccc2)c2ccccc2)n(-c2ccc(F)cc2)n1. The van der Waals surface area contributed by atoms with Gasteiger partial charge in [0.05, 0.1) is 17.4 Å². The molecule has 5 nitrogen and oxygen atoms in total. The van der Waals surface area contributed by atoms with Gasteiger partial charge in [0.1, 0.15) is 17.2 Å². The number of nitrogens with one attached hydrogen (secondary N) is 1. The molecule has 0 aliphatic rings. The van der Waals surface area contributed by atoms with Crippen LogP contribution in [0.15, 0.2) is 109 Å². The third-order valence-corrected chi connectivity index (χ3v) is 6.01. The fourth-order valence-electron chi connectivity index (χ4n) is 4.19. The molecule has 1 N–H and O–H groups in total. The summed E-state index contributed by atoms with van der Waals surface area (Å²) in [5.74, 6) is -0.603. The van der Waals surface area contributed by atoms with Gasteiger partial charge in [-0.05, 0) is 60.0 Å². The van der Waals surface area contributed by atoms with E-state index in [1.807, 2.05) is 78.5 Å². The van der Waals surface area contributed by atoms with E-state index in [9.17, 15) is 9.18 Å². The first-order valence-electron chi connectivity index (χ1n) is 11.5. The summed E-state index contributed by atoms with van der Waals surface area (Å²) in [5.41, 5.74) is 4.66. The smallest absolute Gasteiger partial charge is 0.270 e. The van der Waals surface area contributed by atoms with Crippen LogP contribution in [0.5, 0.6) is 0 Å². The normalized spacial score (nSPS) is 11.8. The molecule has 0 spiro atoms. The van der Waals surface area contributed by atoms with Crippen LogP contribution >= 0.6 is 0 Å². The van der Waals surface area contributed by atoms with Crippen molar-refractivity contribution in [2.45, 2.75) is 12.5 Å². The molecule has 3 aromatic carbocycles. The van der Waals surface area contributed by atoms with Gasteiger partial charge in [-0.3, -0.25) is 4.79 Å². The molecule has 2 aromatic heterocycles. The maximum atomic E-state index is 13.7. The first kappa shape index (κ1) is 22.3. The standard InChI is InChI=1S/C29H25FN4O/c1-33-18-8-13-27(33)26-20-28(34(32-26)24-16-14-23(30)15-17-24)29(35)31-25(22-11-6-3-7-12-22)19-21-9-4-2-5-10-21/h2-18,20,25H,19H2,1H3,(H,31,35). The molecule has 174 valence electrons. The van der Waals surface area contributed by atoms with E-state index in [0.29, 0.717) is 23.5 Å². The Labute approximate surface area is 203 Å². The third kappa shape index (κ3) is 4.92. The summed E-state index contributed by atoms with van der Waals surface area (Å²) < 4.78 is 17.1. The summed E-state index contributed by atoms with van der Waals surface area (Å²) in [6, 6.07) is 31.4. The van der Waals surface area contributed by atoms with E-state index in [1.54, 1.807) is 22.9 Å². The van der Waals surface area contributed by atoms with Crippen molar-refractivity contribution >= 4 is 5.91 Å². The molecular formula is C29H25FN4O. The maximum absolute atomic E-state index is 13.7. The first-order chi connectivity index (χ1) is 17.1. The number of aromatic nitrogens is 3. The number of carbonyl (C=O) groups excluding carboxylic acids is 1. The average molecular weight is 465 g/mol. The van der Waals surface area contributed by atoms with Crippen molar-refractivity contribution in [1.82, 2.24) is 19.7 Å². The van der Waals surface area contributed by atoms with E-state index in [-0.39, 0.29) is 17.8 Å². The molecule has 0 fully saturated rings. The van der Waals surface area contributed by atoms with Crippen molar-refractivity contribution in [3.8, 4) is 17.1 Å². The molecule has 1 amide bonds. The fourth-order valence-corrected chi connectivity index (χ4v) is 4.19. The second-order valence-corrected chi connectivity index (χ2v) is 8.43. The lowest BCUT2D eigenvalue weighted by Crippen LogP contribution is -2.31. The Morgan fingerprint density at radius 1 is 0.914 bits per heavy atom. The zero-order valence-corrected chi connectivity index (χ0v) is 19.3. The number of halogens is 1. The summed E-state index contributed by atoms with van der Waals surface area (Å²) >= 11 is 0. The van der Waals surface area contributed by atoms with Gasteiger partial charge in [-0.15, -0.1) is 0 Å². The largest absolute Gasteiger partial charge is 0.349 e. The molecule has 2 heterocycles. The lowest BCUT2D eigenvalue weighted by Gasteiger charge is -2.20. The molecular weight excluding hydrogens is 439 g/mol. The average Bonchev–Trinajstić information content (AvgIpc) is 3.51. The van der Waals surface area contributed by atoms with Crippen LogP contribution < -0.4 is 5.32 Å². The quantitative estimate of drug-likeness (QED) is 0.334. The molecule has 1 atom stereocenters. The Kier molecular flexibility index (Phi) is 6.26. The molecule has 0 bridgehead atoms. The number of carbonyl (C=O) groups is 1. The van der Waals surface area contributed by atoms with Gasteiger partial charge in [-0.25, -0.2) is 9.07 Å². The van der Waals surface area contributed by atoms with E-state index >= 15 is 0 Å². The fraction of sp³-hybridized carbons (Fsp3) is 0.103. The predicted molar refractivity (Wildman–Crippen MR) is 135 cm³/mol. The second-order valence-electron chi connectivity index (χ2n) is 8.43. The van der Waals surface area contributed by atoms with Crippen LogP contribution in [-0.2, 0) is 13.5 Å². The van der Waals surface area contributed by atoms with Crippen LogP contribution in [0.3, 0.4) is 0 Å². The van der Waals surface area contributed by atoms with E-state index in [2.05, 4.69) is 17.4 Å². The first-order valence-corrected chi connectivity index (χ1v) is 11.5. The highest BCUT2D eigenvalue weighted by atomic mass is 19.1. The Hall–Kier alpha value is -4.45. The summed E-state index contributed by atoms with van der Waals surface area (Å²) in [6.45, 7) is 0. The number of hydrogen-bond acceptors (Lipinski definition) is 2. The molecule has 5 rings (SSSR count). The number of benzene rings is 3. The van der Waals surface area contributed by atoms with Gasteiger partial charge in [0.15, 0.2) is 0 Å². The van der Waals surface area contributed by atoms with Crippen LogP contribution in [-0.4, -0.2) is 20.3 Å². The van der Waals surface area contributed by atoms with Crippen molar-refractivity contribution in [3.05, 3.63) is 132 Å². The Morgan fingerprint density at radius 3 is 2.26 bits per heavy atom. The molecule has 35 heavy (non-hydrogen) atoms. The minimum absolute atomic E-state index is 0.235. The zero-order valence-electron chi connectivity index (χ0n) is 19.3. The van der Waals surface area contributed by atoms with Crippen LogP contribution in [0.25, 0.3) is 17.1 Å². The van der Waals surface area contributed by atoms with E-state index in [1.165, 1.54) is 12.1 Å². The highest BCUT2D eigenvalue weighted by molar-refractivity contribution is 5.94. The van der Waals surface area contributed by atoms with Crippen molar-refractivity contribution in [1.29, 1.82) is 0 Å². The molecule has 0 saturated carbocycles. The van der Waals surface area contributed by atoms with E-state index < -0.39 is 0 Å². The second kappa shape index (κ2) is 9.81. The molecule has 1 unspecified atom stereocenters. The van der Waals surface area contributed by atoms with Crippen molar-refractivity contribution in [3.63, 3.8) is 0 Å². The minimum Gasteiger partial charge on any atom is -0.349 e. The minimum atomic E-state index is -0.346. The Morgan fingerprint density at radius 2 is 1.60 bits per heavy atom. The summed E-state index contributed by atoms with van der Waals surface area (Å²) in [5, 5.41) is 7.92. The van der Waals surface area contributed by atoms with Crippen LogP contribution in [0.4, 0.5) is 4.39 Å². The van der Waals surface area contributed by atoms with Gasteiger partial charge in [0.2, 0.25) is 0 Å². The number of aryl methyl sites for hydroxylation is 1. The predicted octanol–water partition coefficient (Wildman–Crippen LogP) is 5.73. The molecule has 5 aromatic rings. The van der Waals surface area contributed by atoms with Crippen LogP contribution in [0.2, 0.25) is 0 Å².